The highest BCUT2D eigenvalue weighted by molar-refractivity contribution is 6.65. The minimum Gasteiger partial charge on any atom is -0.399 e. The van der Waals surface area contributed by atoms with Crippen LogP contribution < -0.4 is 10.8 Å². The molecule has 1 atom stereocenters. The van der Waals surface area contributed by atoms with Gasteiger partial charge in [-0.05, 0) is 53.7 Å². The highest BCUT2D eigenvalue weighted by Gasteiger charge is 2.52. The van der Waals surface area contributed by atoms with Gasteiger partial charge in [-0.15, -0.1) is 0 Å². The first kappa shape index (κ1) is 19.8. The van der Waals surface area contributed by atoms with Crippen molar-refractivity contribution in [2.75, 3.05) is 19.7 Å². The topological polar surface area (TPSA) is 57.5 Å². The van der Waals surface area contributed by atoms with Gasteiger partial charge in [-0.1, -0.05) is 0 Å². The molecule has 1 N–H and O–H groups in total. The van der Waals surface area contributed by atoms with Crippen LogP contribution in [0.2, 0.25) is 0 Å². The van der Waals surface area contributed by atoms with Crippen LogP contribution in [0.5, 0.6) is 0 Å². The summed E-state index contributed by atoms with van der Waals surface area (Å²) >= 11 is 0. The molecular formula is C20H29BFN3O3. The predicted octanol–water partition coefficient (Wildman–Crippen LogP) is 2.16. The summed E-state index contributed by atoms with van der Waals surface area (Å²) in [5.41, 5.74) is 1.15. The molecule has 0 radical (unpaired) electrons. The molecule has 8 heteroatoms. The summed E-state index contributed by atoms with van der Waals surface area (Å²) in [6.45, 7) is 13.1. The normalized spacial score (nSPS) is 24.6. The highest BCUT2D eigenvalue weighted by atomic mass is 19.1. The second kappa shape index (κ2) is 7.09. The quantitative estimate of drug-likeness (QED) is 0.816. The van der Waals surface area contributed by atoms with Crippen LogP contribution in [-0.2, 0) is 20.6 Å². The number of halogens is 1. The maximum Gasteiger partial charge on any atom is 0.497 e. The molecule has 0 spiro atoms. The van der Waals surface area contributed by atoms with Crippen molar-refractivity contribution < 1.29 is 18.4 Å². The van der Waals surface area contributed by atoms with E-state index in [1.807, 2.05) is 34.6 Å². The van der Waals surface area contributed by atoms with Gasteiger partial charge in [0.05, 0.1) is 34.9 Å². The van der Waals surface area contributed by atoms with Gasteiger partial charge in [0, 0.05) is 24.7 Å². The zero-order chi connectivity index (χ0) is 20.1. The molecule has 2 aromatic rings. The first-order valence-corrected chi connectivity index (χ1v) is 10.0. The Morgan fingerprint density at radius 2 is 1.96 bits per heavy atom. The summed E-state index contributed by atoms with van der Waals surface area (Å²) in [7, 11) is -0.647. The van der Waals surface area contributed by atoms with E-state index in [4.69, 9.17) is 14.0 Å². The Morgan fingerprint density at radius 1 is 1.25 bits per heavy atom. The van der Waals surface area contributed by atoms with Crippen molar-refractivity contribution in [3.05, 3.63) is 23.8 Å². The lowest BCUT2D eigenvalue weighted by Crippen LogP contribution is -2.41. The fourth-order valence-corrected chi connectivity index (χ4v) is 3.84. The van der Waals surface area contributed by atoms with Gasteiger partial charge in [0.25, 0.3) is 0 Å². The van der Waals surface area contributed by atoms with Crippen LogP contribution in [-0.4, -0.2) is 53.7 Å². The fraction of sp³-hybridized carbons (Fsp3) is 0.650. The van der Waals surface area contributed by atoms with E-state index in [-0.39, 0.29) is 11.9 Å². The van der Waals surface area contributed by atoms with Gasteiger partial charge < -0.3 is 23.9 Å². The van der Waals surface area contributed by atoms with E-state index in [1.54, 1.807) is 0 Å². The Hall–Kier alpha value is -1.48. The van der Waals surface area contributed by atoms with Gasteiger partial charge >= 0.3 is 7.12 Å². The zero-order valence-corrected chi connectivity index (χ0v) is 17.3. The van der Waals surface area contributed by atoms with E-state index in [0.29, 0.717) is 17.5 Å². The molecule has 2 aliphatic heterocycles. The standard InChI is InChI=1S/C20H29BFN3O3/c1-13-24-17-10-14(22)9-16(21-27-19(2,3)20(4,5)28-21)18(17)25(13)12-15-11-23-7-6-8-26-15/h9-10,15,23H,6-8,11-12H2,1-5H3. The summed E-state index contributed by atoms with van der Waals surface area (Å²) in [5.74, 6) is 0.487. The summed E-state index contributed by atoms with van der Waals surface area (Å²) in [6, 6.07) is 2.98. The molecule has 1 aromatic heterocycles. The Bertz CT molecular complexity index is 859. The molecule has 6 nitrogen and oxygen atoms in total. The second-order valence-corrected chi connectivity index (χ2v) is 8.77. The smallest absolute Gasteiger partial charge is 0.399 e. The van der Waals surface area contributed by atoms with Crippen LogP contribution in [0.1, 0.15) is 39.9 Å². The fourth-order valence-electron chi connectivity index (χ4n) is 3.84. The van der Waals surface area contributed by atoms with Gasteiger partial charge in [0.2, 0.25) is 0 Å². The number of nitrogens with one attached hydrogen (secondary N) is 1. The van der Waals surface area contributed by atoms with Gasteiger partial charge in [-0.3, -0.25) is 0 Å². The number of hydrogen-bond acceptors (Lipinski definition) is 5. The van der Waals surface area contributed by atoms with Gasteiger partial charge in [-0.25, -0.2) is 9.37 Å². The van der Waals surface area contributed by atoms with Crippen LogP contribution in [0.25, 0.3) is 11.0 Å². The molecule has 3 heterocycles. The molecule has 152 valence electrons. The lowest BCUT2D eigenvalue weighted by Gasteiger charge is -2.32. The van der Waals surface area contributed by atoms with Crippen molar-refractivity contribution in [2.45, 2.75) is 64.9 Å². The molecule has 0 saturated carbocycles. The largest absolute Gasteiger partial charge is 0.497 e. The highest BCUT2D eigenvalue weighted by Crippen LogP contribution is 2.37. The van der Waals surface area contributed by atoms with Crippen molar-refractivity contribution in [1.29, 1.82) is 0 Å². The SMILES string of the molecule is Cc1nc2cc(F)cc(B3OC(C)(C)C(C)(C)O3)c2n1CC1CNCCCO1. The second-order valence-electron chi connectivity index (χ2n) is 8.77. The summed E-state index contributed by atoms with van der Waals surface area (Å²) in [5, 5.41) is 3.41. The van der Waals surface area contributed by atoms with Crippen molar-refractivity contribution in [3.63, 3.8) is 0 Å². The average molecular weight is 389 g/mol. The van der Waals surface area contributed by atoms with E-state index in [9.17, 15) is 4.39 Å². The van der Waals surface area contributed by atoms with E-state index in [0.717, 1.165) is 37.5 Å². The molecular weight excluding hydrogens is 360 g/mol. The molecule has 0 bridgehead atoms. The first-order chi connectivity index (χ1) is 13.2. The predicted molar refractivity (Wildman–Crippen MR) is 107 cm³/mol. The molecule has 2 saturated heterocycles. The van der Waals surface area contributed by atoms with E-state index >= 15 is 0 Å². The third-order valence-corrected chi connectivity index (χ3v) is 6.14. The number of nitrogens with zero attached hydrogens (tertiary/aromatic N) is 2. The van der Waals surface area contributed by atoms with Gasteiger partial charge in [-0.2, -0.15) is 0 Å². The molecule has 0 aliphatic carbocycles. The Balaban J connectivity index is 1.76. The van der Waals surface area contributed by atoms with Crippen molar-refractivity contribution in [2.24, 2.45) is 0 Å². The number of aryl methyl sites for hydroxylation is 1. The number of fused-ring (bicyclic) bond motifs is 1. The zero-order valence-electron chi connectivity index (χ0n) is 17.3. The molecule has 1 unspecified atom stereocenters. The van der Waals surface area contributed by atoms with Crippen LogP contribution in [0.15, 0.2) is 12.1 Å². The van der Waals surface area contributed by atoms with Crippen LogP contribution in [0.4, 0.5) is 4.39 Å². The number of benzene rings is 1. The minimum atomic E-state index is -0.647. The Kier molecular flexibility index (Phi) is 5.02. The Morgan fingerprint density at radius 3 is 2.68 bits per heavy atom. The third-order valence-electron chi connectivity index (χ3n) is 6.14. The van der Waals surface area contributed by atoms with Crippen molar-refractivity contribution >= 4 is 23.6 Å². The minimum absolute atomic E-state index is 0.0369. The van der Waals surface area contributed by atoms with E-state index in [1.165, 1.54) is 12.1 Å². The molecule has 1 aromatic carbocycles. The lowest BCUT2D eigenvalue weighted by atomic mass is 9.78. The van der Waals surface area contributed by atoms with Crippen LogP contribution in [0, 0.1) is 12.7 Å². The summed E-state index contributed by atoms with van der Waals surface area (Å²) in [6.07, 6.45) is 1.04. The number of ether oxygens (including phenoxy) is 1. The van der Waals surface area contributed by atoms with Gasteiger partial charge in [0.15, 0.2) is 0 Å². The molecule has 4 rings (SSSR count). The van der Waals surface area contributed by atoms with E-state index < -0.39 is 18.3 Å². The van der Waals surface area contributed by atoms with Crippen molar-refractivity contribution in [3.8, 4) is 0 Å². The Labute approximate surface area is 165 Å². The third kappa shape index (κ3) is 3.47. The van der Waals surface area contributed by atoms with Crippen LogP contribution >= 0.6 is 0 Å². The molecule has 2 fully saturated rings. The summed E-state index contributed by atoms with van der Waals surface area (Å²) in [4.78, 5) is 4.60. The first-order valence-electron chi connectivity index (χ1n) is 10.0. The maximum absolute atomic E-state index is 14.4. The number of imidazole rings is 1. The molecule has 0 amide bonds. The summed E-state index contributed by atoms with van der Waals surface area (Å²) < 4.78 is 34.9. The van der Waals surface area contributed by atoms with Crippen molar-refractivity contribution in [1.82, 2.24) is 14.9 Å². The molecule has 2 aliphatic rings. The van der Waals surface area contributed by atoms with Crippen LogP contribution in [0.3, 0.4) is 0 Å². The number of aromatic nitrogens is 2. The van der Waals surface area contributed by atoms with Gasteiger partial charge in [0.1, 0.15) is 11.6 Å². The van der Waals surface area contributed by atoms with E-state index in [2.05, 4.69) is 14.9 Å². The lowest BCUT2D eigenvalue weighted by molar-refractivity contribution is 0.00578. The monoisotopic (exact) mass is 389 g/mol. The number of hydrogen-bond donors (Lipinski definition) is 1. The number of rotatable bonds is 3. The molecule has 28 heavy (non-hydrogen) atoms. The maximum atomic E-state index is 14.4. The average Bonchev–Trinajstić information content (AvgIpc) is 2.87.